The SMILES string of the molecule is CN1C(=O)[C@H](N)[C@@H]1c1ccc2c(c1)OCO2. The molecule has 3 rings (SSSR count). The molecular weight excluding hydrogens is 208 g/mol. The fraction of sp³-hybridized carbons (Fsp3) is 0.364. The maximum atomic E-state index is 11.3. The van der Waals surface area contributed by atoms with Crippen molar-refractivity contribution in [2.24, 2.45) is 5.73 Å². The summed E-state index contributed by atoms with van der Waals surface area (Å²) in [6, 6.07) is 5.16. The number of nitrogens with zero attached hydrogens (tertiary/aromatic N) is 1. The zero-order chi connectivity index (χ0) is 11.3. The quantitative estimate of drug-likeness (QED) is 0.689. The fourth-order valence-corrected chi connectivity index (χ4v) is 2.19. The normalized spacial score (nSPS) is 26.9. The van der Waals surface area contributed by atoms with Gasteiger partial charge < -0.3 is 20.1 Å². The molecule has 0 unspecified atom stereocenters. The lowest BCUT2D eigenvalue weighted by atomic mass is 9.90. The van der Waals surface area contributed by atoms with E-state index in [1.807, 2.05) is 18.2 Å². The van der Waals surface area contributed by atoms with Gasteiger partial charge in [-0.1, -0.05) is 6.07 Å². The van der Waals surface area contributed by atoms with Gasteiger partial charge in [0.1, 0.15) is 6.04 Å². The van der Waals surface area contributed by atoms with Crippen molar-refractivity contribution in [1.29, 1.82) is 0 Å². The number of fused-ring (bicyclic) bond motifs is 1. The number of benzene rings is 1. The van der Waals surface area contributed by atoms with Crippen molar-refractivity contribution in [2.45, 2.75) is 12.1 Å². The Morgan fingerprint density at radius 1 is 1.38 bits per heavy atom. The lowest BCUT2D eigenvalue weighted by molar-refractivity contribution is -0.147. The van der Waals surface area contributed by atoms with Gasteiger partial charge in [-0.3, -0.25) is 4.79 Å². The monoisotopic (exact) mass is 220 g/mol. The Hall–Kier alpha value is -1.75. The highest BCUT2D eigenvalue weighted by Gasteiger charge is 2.43. The van der Waals surface area contributed by atoms with Crippen LogP contribution in [0.15, 0.2) is 18.2 Å². The van der Waals surface area contributed by atoms with E-state index in [2.05, 4.69) is 0 Å². The van der Waals surface area contributed by atoms with Crippen LogP contribution in [0.5, 0.6) is 11.5 Å². The zero-order valence-corrected chi connectivity index (χ0v) is 8.84. The molecule has 2 aliphatic heterocycles. The van der Waals surface area contributed by atoms with Crippen molar-refractivity contribution in [1.82, 2.24) is 4.90 Å². The van der Waals surface area contributed by atoms with E-state index in [1.54, 1.807) is 11.9 Å². The Bertz CT molecular complexity index is 449. The molecule has 0 spiro atoms. The predicted molar refractivity (Wildman–Crippen MR) is 56.1 cm³/mol. The first-order valence-corrected chi connectivity index (χ1v) is 5.10. The third kappa shape index (κ3) is 1.12. The number of hydrogen-bond acceptors (Lipinski definition) is 4. The molecule has 1 aromatic rings. The van der Waals surface area contributed by atoms with E-state index in [4.69, 9.17) is 15.2 Å². The number of rotatable bonds is 1. The van der Waals surface area contributed by atoms with Gasteiger partial charge in [0.25, 0.3) is 0 Å². The van der Waals surface area contributed by atoms with Crippen LogP contribution in [-0.4, -0.2) is 30.7 Å². The summed E-state index contributed by atoms with van der Waals surface area (Å²) in [5.41, 5.74) is 6.76. The molecule has 2 aliphatic rings. The summed E-state index contributed by atoms with van der Waals surface area (Å²) in [6.45, 7) is 0.254. The minimum Gasteiger partial charge on any atom is -0.454 e. The molecule has 16 heavy (non-hydrogen) atoms. The van der Waals surface area contributed by atoms with Crippen LogP contribution >= 0.6 is 0 Å². The molecule has 0 aromatic heterocycles. The molecule has 2 N–H and O–H groups in total. The van der Waals surface area contributed by atoms with E-state index in [0.717, 1.165) is 17.1 Å². The van der Waals surface area contributed by atoms with E-state index in [1.165, 1.54) is 0 Å². The van der Waals surface area contributed by atoms with Crippen LogP contribution in [0.2, 0.25) is 0 Å². The average molecular weight is 220 g/mol. The van der Waals surface area contributed by atoms with Gasteiger partial charge in [0.15, 0.2) is 11.5 Å². The molecule has 2 heterocycles. The Morgan fingerprint density at radius 3 is 2.88 bits per heavy atom. The zero-order valence-electron chi connectivity index (χ0n) is 8.84. The molecule has 1 fully saturated rings. The molecule has 0 radical (unpaired) electrons. The topological polar surface area (TPSA) is 64.8 Å². The van der Waals surface area contributed by atoms with Gasteiger partial charge in [0.2, 0.25) is 12.7 Å². The van der Waals surface area contributed by atoms with Crippen molar-refractivity contribution in [3.63, 3.8) is 0 Å². The van der Waals surface area contributed by atoms with Gasteiger partial charge >= 0.3 is 0 Å². The first-order valence-electron chi connectivity index (χ1n) is 5.10. The maximum Gasteiger partial charge on any atom is 0.242 e. The van der Waals surface area contributed by atoms with Crippen LogP contribution in [0.4, 0.5) is 0 Å². The summed E-state index contributed by atoms with van der Waals surface area (Å²) < 4.78 is 10.5. The van der Waals surface area contributed by atoms with Gasteiger partial charge in [0, 0.05) is 7.05 Å². The average Bonchev–Trinajstić information content (AvgIpc) is 2.76. The number of carbonyl (C=O) groups is 1. The second kappa shape index (κ2) is 3.12. The van der Waals surface area contributed by atoms with Gasteiger partial charge in [-0.2, -0.15) is 0 Å². The van der Waals surface area contributed by atoms with Crippen molar-refractivity contribution >= 4 is 5.91 Å². The second-order valence-electron chi connectivity index (χ2n) is 4.03. The molecule has 1 aromatic carbocycles. The van der Waals surface area contributed by atoms with Gasteiger partial charge in [0.05, 0.1) is 6.04 Å². The molecule has 5 heteroatoms. The van der Waals surface area contributed by atoms with Crippen LogP contribution in [0, 0.1) is 0 Å². The van der Waals surface area contributed by atoms with Crippen LogP contribution in [0.1, 0.15) is 11.6 Å². The Kier molecular flexibility index (Phi) is 1.85. The summed E-state index contributed by atoms with van der Waals surface area (Å²) in [5.74, 6) is 1.44. The Labute approximate surface area is 92.7 Å². The van der Waals surface area contributed by atoms with Crippen molar-refractivity contribution in [2.75, 3.05) is 13.8 Å². The lowest BCUT2D eigenvalue weighted by Gasteiger charge is -2.43. The highest BCUT2D eigenvalue weighted by molar-refractivity contribution is 5.89. The van der Waals surface area contributed by atoms with E-state index in [9.17, 15) is 4.79 Å². The number of nitrogens with two attached hydrogens (primary N) is 1. The van der Waals surface area contributed by atoms with Crippen molar-refractivity contribution < 1.29 is 14.3 Å². The van der Waals surface area contributed by atoms with Crippen LogP contribution in [-0.2, 0) is 4.79 Å². The van der Waals surface area contributed by atoms with Crippen molar-refractivity contribution in [3.05, 3.63) is 23.8 Å². The predicted octanol–water partition coefficient (Wildman–Crippen LogP) is 0.256. The number of carbonyl (C=O) groups excluding carboxylic acids is 1. The number of ether oxygens (including phenoxy) is 2. The minimum atomic E-state index is -0.439. The molecule has 1 amide bonds. The third-order valence-electron chi connectivity index (χ3n) is 3.13. The highest BCUT2D eigenvalue weighted by Crippen LogP contribution is 2.38. The van der Waals surface area contributed by atoms with Crippen LogP contribution in [0.3, 0.4) is 0 Å². The largest absolute Gasteiger partial charge is 0.454 e. The van der Waals surface area contributed by atoms with E-state index >= 15 is 0 Å². The molecule has 5 nitrogen and oxygen atoms in total. The smallest absolute Gasteiger partial charge is 0.242 e. The molecule has 0 saturated carbocycles. The second-order valence-corrected chi connectivity index (χ2v) is 4.03. The summed E-state index contributed by atoms with van der Waals surface area (Å²) in [6.07, 6.45) is 0. The molecule has 2 atom stereocenters. The maximum absolute atomic E-state index is 11.3. The first kappa shape index (κ1) is 9.47. The number of likely N-dealkylation sites (tertiary alicyclic amines) is 1. The summed E-state index contributed by atoms with van der Waals surface area (Å²) in [7, 11) is 1.75. The Morgan fingerprint density at radius 2 is 2.12 bits per heavy atom. The summed E-state index contributed by atoms with van der Waals surface area (Å²) >= 11 is 0. The highest BCUT2D eigenvalue weighted by atomic mass is 16.7. The summed E-state index contributed by atoms with van der Waals surface area (Å²) in [4.78, 5) is 13.0. The van der Waals surface area contributed by atoms with Crippen LogP contribution in [0.25, 0.3) is 0 Å². The number of hydrogen-bond donors (Lipinski definition) is 1. The first-order chi connectivity index (χ1) is 7.68. The van der Waals surface area contributed by atoms with Gasteiger partial charge in [-0.15, -0.1) is 0 Å². The van der Waals surface area contributed by atoms with Gasteiger partial charge in [-0.05, 0) is 17.7 Å². The Balaban J connectivity index is 1.93. The molecule has 0 bridgehead atoms. The third-order valence-corrected chi connectivity index (χ3v) is 3.13. The van der Waals surface area contributed by atoms with Crippen molar-refractivity contribution in [3.8, 4) is 11.5 Å². The molecule has 84 valence electrons. The van der Waals surface area contributed by atoms with E-state index in [0.29, 0.717) is 0 Å². The van der Waals surface area contributed by atoms with E-state index in [-0.39, 0.29) is 18.7 Å². The number of amides is 1. The molecule has 1 saturated heterocycles. The summed E-state index contributed by atoms with van der Waals surface area (Å²) in [5, 5.41) is 0. The van der Waals surface area contributed by atoms with Gasteiger partial charge in [-0.25, -0.2) is 0 Å². The number of β-lactam (4-membered cyclic amide) rings is 1. The number of likely N-dealkylation sites (N-methyl/N-ethyl adjacent to an activating group) is 1. The molecule has 0 aliphatic carbocycles. The van der Waals surface area contributed by atoms with E-state index < -0.39 is 6.04 Å². The molecular formula is C11H12N2O3. The fourth-order valence-electron chi connectivity index (χ4n) is 2.19. The minimum absolute atomic E-state index is 0.0253. The standard InChI is InChI=1S/C11H12N2O3/c1-13-10(9(12)11(13)14)6-2-3-7-8(4-6)16-5-15-7/h2-4,9-10H,5,12H2,1H3/t9-,10+/m1/s1. The lowest BCUT2D eigenvalue weighted by Crippen LogP contribution is -2.61. The van der Waals surface area contributed by atoms with Crippen LogP contribution < -0.4 is 15.2 Å².